The fourth-order valence-electron chi connectivity index (χ4n) is 3.02. The summed E-state index contributed by atoms with van der Waals surface area (Å²) >= 11 is 0. The molecule has 2 aromatic carbocycles. The summed E-state index contributed by atoms with van der Waals surface area (Å²) in [5.74, 6) is 0.530. The molecule has 0 amide bonds. The quantitative estimate of drug-likeness (QED) is 0.484. The smallest absolute Gasteiger partial charge is 1.00 e. The fraction of sp³-hybridized carbons (Fsp3) is 0.227. The van der Waals surface area contributed by atoms with Gasteiger partial charge in [0.25, 0.3) is 0 Å². The minimum atomic E-state index is 0. The molecule has 0 heterocycles. The molecular formula is C22H25Cl2NTi. The zero-order valence-corrected chi connectivity index (χ0v) is 18.8. The second-order valence-corrected chi connectivity index (χ2v) is 6.09. The van der Waals surface area contributed by atoms with E-state index in [9.17, 15) is 0 Å². The van der Waals surface area contributed by atoms with Crippen LogP contribution in [-0.4, -0.2) is 0 Å². The summed E-state index contributed by atoms with van der Waals surface area (Å²) in [6.07, 6.45) is 0. The number of allylic oxidation sites excluding steroid dienone is 4. The van der Waals surface area contributed by atoms with Gasteiger partial charge in [-0.15, -0.1) is 23.4 Å². The van der Waals surface area contributed by atoms with Gasteiger partial charge in [0.15, 0.2) is 0 Å². The Morgan fingerprint density at radius 3 is 1.69 bits per heavy atom. The fourth-order valence-corrected chi connectivity index (χ4v) is 3.02. The van der Waals surface area contributed by atoms with Crippen molar-refractivity contribution in [2.75, 3.05) is 0 Å². The topological polar surface area (TPSA) is 23.8 Å². The molecule has 1 nitrogen and oxygen atoms in total. The van der Waals surface area contributed by atoms with Gasteiger partial charge < -0.3 is 30.5 Å². The van der Waals surface area contributed by atoms with Gasteiger partial charge in [-0.05, 0) is 32.3 Å². The van der Waals surface area contributed by atoms with Crippen LogP contribution in [0.4, 0.5) is 5.69 Å². The number of benzene rings is 2. The van der Waals surface area contributed by atoms with E-state index in [2.05, 4.69) is 58.9 Å². The molecule has 0 radical (unpaired) electrons. The molecule has 1 N–H and O–H groups in total. The van der Waals surface area contributed by atoms with Gasteiger partial charge in [-0.3, -0.25) is 0 Å². The first-order valence-electron chi connectivity index (χ1n) is 8.00. The largest absolute Gasteiger partial charge is 4.00 e. The van der Waals surface area contributed by atoms with Gasteiger partial charge in [-0.1, -0.05) is 60.0 Å². The van der Waals surface area contributed by atoms with Crippen LogP contribution in [0.5, 0.6) is 0 Å². The van der Waals surface area contributed by atoms with Crippen LogP contribution in [0.3, 0.4) is 0 Å². The van der Waals surface area contributed by atoms with Gasteiger partial charge in [0, 0.05) is 0 Å². The van der Waals surface area contributed by atoms with E-state index < -0.39 is 0 Å². The van der Waals surface area contributed by atoms with E-state index in [0.717, 1.165) is 5.56 Å². The van der Waals surface area contributed by atoms with Crippen molar-refractivity contribution in [1.82, 2.24) is 0 Å². The monoisotopic (exact) mass is 421 g/mol. The minimum absolute atomic E-state index is 0. The second-order valence-electron chi connectivity index (χ2n) is 6.09. The number of halogens is 2. The average molecular weight is 422 g/mol. The van der Waals surface area contributed by atoms with E-state index in [0.29, 0.717) is 11.6 Å². The van der Waals surface area contributed by atoms with Crippen molar-refractivity contribution in [1.29, 1.82) is 0 Å². The zero-order valence-electron chi connectivity index (χ0n) is 15.7. The minimum Gasteiger partial charge on any atom is -1.00 e. The van der Waals surface area contributed by atoms with E-state index >= 15 is 0 Å². The molecule has 1 aliphatic rings. The summed E-state index contributed by atoms with van der Waals surface area (Å²) in [5.41, 5.74) is 15.8. The molecule has 0 bridgehead atoms. The van der Waals surface area contributed by atoms with Gasteiger partial charge in [0.1, 0.15) is 0 Å². The molecule has 1 aliphatic carbocycles. The molecule has 26 heavy (non-hydrogen) atoms. The Labute approximate surface area is 185 Å². The SMILES string of the molecule is [CH2-]c1ccccc1C1=C(C)C(C)=C(C)C1C.[Cl-].[Cl-].[NH-]c1ccccc1.[Ti+4]. The van der Waals surface area contributed by atoms with Crippen LogP contribution in [0.15, 0.2) is 71.3 Å². The van der Waals surface area contributed by atoms with Gasteiger partial charge in [0.2, 0.25) is 0 Å². The van der Waals surface area contributed by atoms with Gasteiger partial charge in [0.05, 0.1) is 0 Å². The summed E-state index contributed by atoms with van der Waals surface area (Å²) < 4.78 is 0. The molecule has 4 heteroatoms. The maximum atomic E-state index is 7.00. The Balaban J connectivity index is 0. The van der Waals surface area contributed by atoms with Crippen molar-refractivity contribution >= 4 is 11.3 Å². The van der Waals surface area contributed by atoms with Crippen LogP contribution >= 0.6 is 0 Å². The van der Waals surface area contributed by atoms with Crippen molar-refractivity contribution in [3.8, 4) is 0 Å². The third kappa shape index (κ3) is 6.25. The molecule has 1 atom stereocenters. The van der Waals surface area contributed by atoms with E-state index in [-0.39, 0.29) is 46.5 Å². The summed E-state index contributed by atoms with van der Waals surface area (Å²) in [7, 11) is 0. The number of hydrogen-bond donors (Lipinski definition) is 0. The summed E-state index contributed by atoms with van der Waals surface area (Å²) in [5, 5.41) is 0. The van der Waals surface area contributed by atoms with E-state index in [1.807, 2.05) is 18.2 Å². The molecule has 0 aliphatic heterocycles. The van der Waals surface area contributed by atoms with E-state index in [1.54, 1.807) is 12.1 Å². The summed E-state index contributed by atoms with van der Waals surface area (Å²) in [4.78, 5) is 0. The van der Waals surface area contributed by atoms with E-state index in [4.69, 9.17) is 5.73 Å². The van der Waals surface area contributed by atoms with Crippen LogP contribution in [-0.2, 0) is 21.7 Å². The van der Waals surface area contributed by atoms with Crippen LogP contribution in [0.25, 0.3) is 11.3 Å². The predicted molar refractivity (Wildman–Crippen MR) is 101 cm³/mol. The molecule has 136 valence electrons. The average Bonchev–Trinajstić information content (AvgIpc) is 2.73. The molecule has 0 fully saturated rings. The van der Waals surface area contributed by atoms with Crippen LogP contribution in [0.1, 0.15) is 38.8 Å². The Bertz CT molecular complexity index is 752. The maximum absolute atomic E-state index is 7.00. The number of nitrogens with one attached hydrogen (secondary N) is 1. The summed E-state index contributed by atoms with van der Waals surface area (Å²) in [6.45, 7) is 13.1. The summed E-state index contributed by atoms with van der Waals surface area (Å²) in [6, 6.07) is 17.5. The predicted octanol–water partition coefficient (Wildman–Crippen LogP) is 1.00. The molecule has 0 aromatic heterocycles. The normalized spacial score (nSPS) is 15.2. The molecule has 1 unspecified atom stereocenters. The van der Waals surface area contributed by atoms with Gasteiger partial charge in [-0.25, -0.2) is 0 Å². The number of rotatable bonds is 1. The molecule has 3 rings (SSSR count). The standard InChI is InChI=1S/C16H19.C6H6N.2ClH.Ti/c1-10-8-6-7-9-15(10)16-13(4)11(2)12(3)14(16)5;7-6-4-2-1-3-5-6;;;/h6-9,13H,1H2,2-5H3;1-5,7H;2*1H;/q2*-1;;;+4/p-2. The maximum Gasteiger partial charge on any atom is 4.00 e. The van der Waals surface area contributed by atoms with Crippen molar-refractivity contribution in [3.63, 3.8) is 0 Å². The van der Waals surface area contributed by atoms with Crippen molar-refractivity contribution in [3.05, 3.63) is 95.1 Å². The first-order valence-corrected chi connectivity index (χ1v) is 8.00. The van der Waals surface area contributed by atoms with Crippen molar-refractivity contribution in [2.24, 2.45) is 5.92 Å². The molecule has 0 saturated heterocycles. The first-order chi connectivity index (χ1) is 10.9. The molecule has 0 saturated carbocycles. The number of hydrogen-bond acceptors (Lipinski definition) is 0. The van der Waals surface area contributed by atoms with Gasteiger partial charge >= 0.3 is 21.7 Å². The second kappa shape index (κ2) is 12.3. The van der Waals surface area contributed by atoms with Crippen LogP contribution in [0.2, 0.25) is 0 Å². The van der Waals surface area contributed by atoms with E-state index in [1.165, 1.54) is 27.9 Å². The van der Waals surface area contributed by atoms with Gasteiger partial charge in [-0.2, -0.15) is 18.6 Å². The molecule has 0 spiro atoms. The van der Waals surface area contributed by atoms with Crippen LogP contribution in [0, 0.1) is 12.8 Å². The third-order valence-electron chi connectivity index (χ3n) is 4.72. The molecular weight excluding hydrogens is 397 g/mol. The van der Waals surface area contributed by atoms with Crippen LogP contribution < -0.4 is 24.8 Å². The Morgan fingerprint density at radius 1 is 0.808 bits per heavy atom. The zero-order chi connectivity index (χ0) is 17.0. The molecule has 2 aromatic rings. The Hall–Kier alpha value is -1.12. The van der Waals surface area contributed by atoms with Crippen molar-refractivity contribution < 1.29 is 46.5 Å². The Morgan fingerprint density at radius 2 is 1.31 bits per heavy atom. The third-order valence-corrected chi connectivity index (χ3v) is 4.72. The first kappa shape index (κ1) is 27.1. The van der Waals surface area contributed by atoms with Crippen molar-refractivity contribution in [2.45, 2.75) is 27.7 Å². The Kier molecular flexibility index (Phi) is 12.8.